The second-order valence-corrected chi connectivity index (χ2v) is 13.7. The van der Waals surface area contributed by atoms with Crippen LogP contribution in [0.1, 0.15) is 92.2 Å². The Hall–Kier alpha value is -1.95. The maximum absolute atomic E-state index is 13.6. The van der Waals surface area contributed by atoms with Gasteiger partial charge in [-0.2, -0.15) is 0 Å². The second-order valence-electron chi connectivity index (χ2n) is 11.8. The average Bonchev–Trinajstić information content (AvgIpc) is 2.60. The van der Waals surface area contributed by atoms with Crippen LogP contribution < -0.4 is 0 Å². The molecule has 1 rings (SSSR count). The van der Waals surface area contributed by atoms with Crippen LogP contribution in [0.25, 0.3) is 0 Å². The normalized spacial score (nSPS) is 14.8. The third kappa shape index (κ3) is 12.0. The molecule has 0 radical (unpaired) electrons. The maximum atomic E-state index is 13.6. The largest absolute Gasteiger partial charge is 0.481 e. The molecule has 1 aromatic rings. The smallest absolute Gasteiger partial charge is 0.336 e. The van der Waals surface area contributed by atoms with Gasteiger partial charge in [0, 0.05) is 5.92 Å². The van der Waals surface area contributed by atoms with Gasteiger partial charge < -0.3 is 18.9 Å². The van der Waals surface area contributed by atoms with E-state index in [1.807, 2.05) is 41.5 Å². The van der Waals surface area contributed by atoms with E-state index >= 15 is 0 Å². The van der Waals surface area contributed by atoms with Gasteiger partial charge in [-0.15, -0.1) is 6.58 Å². The third-order valence-corrected chi connectivity index (χ3v) is 7.04. The molecule has 0 spiro atoms. The molecular formula is C27H43O7P. The van der Waals surface area contributed by atoms with Gasteiger partial charge in [-0.05, 0) is 79.9 Å². The van der Waals surface area contributed by atoms with E-state index in [0.29, 0.717) is 6.42 Å². The van der Waals surface area contributed by atoms with Crippen LogP contribution in [0, 0.1) is 5.92 Å². The lowest BCUT2D eigenvalue weighted by atomic mass is 9.81. The molecular weight excluding hydrogens is 467 g/mol. The van der Waals surface area contributed by atoms with Crippen LogP contribution in [0.15, 0.2) is 36.9 Å². The van der Waals surface area contributed by atoms with Crippen molar-refractivity contribution in [2.24, 2.45) is 5.92 Å². The van der Waals surface area contributed by atoms with Gasteiger partial charge >= 0.3 is 19.5 Å². The minimum absolute atomic E-state index is 0.0776. The molecule has 35 heavy (non-hydrogen) atoms. The maximum Gasteiger partial charge on any atom is 0.336 e. The number of rotatable bonds is 11. The molecule has 0 unspecified atom stereocenters. The van der Waals surface area contributed by atoms with Gasteiger partial charge in [-0.1, -0.05) is 30.3 Å². The monoisotopic (exact) mass is 510 g/mol. The highest BCUT2D eigenvalue weighted by molar-refractivity contribution is 7.53. The van der Waals surface area contributed by atoms with E-state index in [1.165, 1.54) is 0 Å². The van der Waals surface area contributed by atoms with Crippen LogP contribution in [0.5, 0.6) is 0 Å². The SMILES string of the molecule is C=CC[C@H](c1ccc(CP(=O)(OC(C)(C)C)OC(C)(C)C)cc1)[C@H](CC(=O)OC(C)(C)C)C(=O)O. The van der Waals surface area contributed by atoms with Crippen molar-refractivity contribution < 1.29 is 33.0 Å². The zero-order chi connectivity index (χ0) is 27.2. The number of hydrogen-bond donors (Lipinski definition) is 1. The van der Waals surface area contributed by atoms with Crippen molar-refractivity contribution in [2.45, 2.75) is 104 Å². The lowest BCUT2D eigenvalue weighted by Crippen LogP contribution is -2.30. The number of benzene rings is 1. The Morgan fingerprint density at radius 2 is 1.43 bits per heavy atom. The first-order valence-electron chi connectivity index (χ1n) is 11.9. The Bertz CT molecular complexity index is 895. The van der Waals surface area contributed by atoms with Gasteiger partial charge in [-0.25, -0.2) is 0 Å². The van der Waals surface area contributed by atoms with Crippen molar-refractivity contribution in [2.75, 3.05) is 0 Å². The molecule has 0 aliphatic heterocycles. The summed E-state index contributed by atoms with van der Waals surface area (Å²) in [6.07, 6.45) is 1.85. The second kappa shape index (κ2) is 11.9. The Morgan fingerprint density at radius 1 is 0.943 bits per heavy atom. The fourth-order valence-corrected chi connectivity index (χ4v) is 6.18. The summed E-state index contributed by atoms with van der Waals surface area (Å²) >= 11 is 0. The Labute approximate surface area is 210 Å². The highest BCUT2D eigenvalue weighted by Crippen LogP contribution is 2.57. The molecule has 0 aromatic heterocycles. The molecule has 0 fully saturated rings. The zero-order valence-corrected chi connectivity index (χ0v) is 23.6. The molecule has 0 aliphatic carbocycles. The molecule has 2 atom stereocenters. The highest BCUT2D eigenvalue weighted by atomic mass is 31.2. The fourth-order valence-electron chi connectivity index (χ4n) is 3.69. The molecule has 1 N–H and O–H groups in total. The van der Waals surface area contributed by atoms with Crippen molar-refractivity contribution in [3.05, 3.63) is 48.0 Å². The van der Waals surface area contributed by atoms with Gasteiger partial charge in [0.05, 0.1) is 29.7 Å². The predicted molar refractivity (Wildman–Crippen MR) is 139 cm³/mol. The quantitative estimate of drug-likeness (QED) is 0.192. The molecule has 0 saturated carbocycles. The van der Waals surface area contributed by atoms with E-state index in [-0.39, 0.29) is 12.6 Å². The molecule has 198 valence electrons. The summed E-state index contributed by atoms with van der Waals surface area (Å²) in [5, 5.41) is 9.89. The average molecular weight is 511 g/mol. The lowest BCUT2D eigenvalue weighted by Gasteiger charge is -2.32. The fraction of sp³-hybridized carbons (Fsp3) is 0.630. The first kappa shape index (κ1) is 31.1. The molecule has 8 heteroatoms. The van der Waals surface area contributed by atoms with Crippen LogP contribution >= 0.6 is 7.60 Å². The summed E-state index contributed by atoms with van der Waals surface area (Å²) in [6, 6.07) is 7.19. The first-order chi connectivity index (χ1) is 15.7. The van der Waals surface area contributed by atoms with E-state index in [2.05, 4.69) is 6.58 Å². The van der Waals surface area contributed by atoms with Crippen LogP contribution in [-0.4, -0.2) is 33.8 Å². The number of carboxylic acid groups (broad SMARTS) is 1. The van der Waals surface area contributed by atoms with Crippen molar-refractivity contribution in [3.63, 3.8) is 0 Å². The molecule has 7 nitrogen and oxygen atoms in total. The third-order valence-electron chi connectivity index (χ3n) is 4.64. The topological polar surface area (TPSA) is 99.1 Å². The zero-order valence-electron chi connectivity index (χ0n) is 22.7. The standard InChI is InChI=1S/C27H43O7P/c1-11-12-21(22(24(29)30)17-23(28)32-25(2,3)4)20-15-13-19(14-16-20)18-35(31,33-26(5,6)7)34-27(8,9)10/h11,13-16,21-22H,1,12,17-18H2,2-10H3,(H,29,30)/t21-,22+/m1/s1. The number of carbonyl (C=O) groups is 2. The molecule has 0 bridgehead atoms. The van der Waals surface area contributed by atoms with Crippen molar-refractivity contribution >= 4 is 19.5 Å². The Kier molecular flexibility index (Phi) is 10.5. The summed E-state index contributed by atoms with van der Waals surface area (Å²) < 4.78 is 30.7. The van der Waals surface area contributed by atoms with Crippen LogP contribution in [0.2, 0.25) is 0 Å². The number of hydrogen-bond acceptors (Lipinski definition) is 6. The highest BCUT2D eigenvalue weighted by Gasteiger charge is 2.36. The summed E-state index contributed by atoms with van der Waals surface area (Å²) in [5.74, 6) is -3.09. The predicted octanol–water partition coefficient (Wildman–Crippen LogP) is 7.10. The van der Waals surface area contributed by atoms with Crippen molar-refractivity contribution in [3.8, 4) is 0 Å². The number of ether oxygens (including phenoxy) is 1. The number of carbonyl (C=O) groups excluding carboxylic acids is 1. The minimum atomic E-state index is -3.48. The molecule has 0 heterocycles. The van der Waals surface area contributed by atoms with Crippen LogP contribution in [0.3, 0.4) is 0 Å². The Morgan fingerprint density at radius 3 is 1.80 bits per heavy atom. The van der Waals surface area contributed by atoms with Gasteiger partial charge in [-0.3, -0.25) is 14.2 Å². The van der Waals surface area contributed by atoms with Gasteiger partial charge in [0.2, 0.25) is 0 Å². The number of carboxylic acids is 1. The molecule has 0 saturated heterocycles. The summed E-state index contributed by atoms with van der Waals surface area (Å²) in [7, 11) is -3.48. The van der Waals surface area contributed by atoms with Gasteiger partial charge in [0.15, 0.2) is 0 Å². The van der Waals surface area contributed by atoms with Crippen molar-refractivity contribution in [1.82, 2.24) is 0 Å². The van der Waals surface area contributed by atoms with Crippen LogP contribution in [-0.2, 0) is 34.1 Å². The van der Waals surface area contributed by atoms with E-state index in [1.54, 1.807) is 51.1 Å². The van der Waals surface area contributed by atoms with Crippen molar-refractivity contribution in [1.29, 1.82) is 0 Å². The number of esters is 1. The Balaban J connectivity index is 3.21. The molecule has 0 aliphatic rings. The van der Waals surface area contributed by atoms with Gasteiger partial charge in [0.1, 0.15) is 5.60 Å². The van der Waals surface area contributed by atoms with E-state index in [9.17, 15) is 19.3 Å². The lowest BCUT2D eigenvalue weighted by molar-refractivity contribution is -0.160. The molecule has 0 amide bonds. The van der Waals surface area contributed by atoms with E-state index in [4.69, 9.17) is 13.8 Å². The first-order valence-corrected chi connectivity index (χ1v) is 13.6. The minimum Gasteiger partial charge on any atom is -0.481 e. The van der Waals surface area contributed by atoms with Gasteiger partial charge in [0.25, 0.3) is 0 Å². The van der Waals surface area contributed by atoms with E-state index in [0.717, 1.165) is 11.1 Å². The number of aliphatic carboxylic acids is 1. The molecule has 1 aromatic carbocycles. The summed E-state index contributed by atoms with van der Waals surface area (Å²) in [5.41, 5.74) is -0.540. The summed E-state index contributed by atoms with van der Waals surface area (Å²) in [6.45, 7) is 19.9. The van der Waals surface area contributed by atoms with E-state index < -0.39 is 48.2 Å². The number of allylic oxidation sites excluding steroid dienone is 1. The van der Waals surface area contributed by atoms with Crippen LogP contribution in [0.4, 0.5) is 0 Å². The summed E-state index contributed by atoms with van der Waals surface area (Å²) in [4.78, 5) is 24.5.